The maximum Gasteiger partial charge on any atom is 0.263 e. The maximum atomic E-state index is 12.8. The fourth-order valence-electron chi connectivity index (χ4n) is 3.12. The molecule has 0 unspecified atom stereocenters. The summed E-state index contributed by atoms with van der Waals surface area (Å²) in [7, 11) is 0. The summed E-state index contributed by atoms with van der Waals surface area (Å²) in [5.41, 5.74) is 3.34. The van der Waals surface area contributed by atoms with Crippen LogP contribution in [0.3, 0.4) is 0 Å². The van der Waals surface area contributed by atoms with Crippen molar-refractivity contribution in [1.29, 1.82) is 0 Å². The third-order valence-electron chi connectivity index (χ3n) is 4.56. The zero-order valence-electron chi connectivity index (χ0n) is 15.8. The second kappa shape index (κ2) is 7.98. The molecule has 0 fully saturated rings. The largest absolute Gasteiger partial charge is 0.444 e. The van der Waals surface area contributed by atoms with Crippen LogP contribution in [0.4, 0.5) is 5.69 Å². The van der Waals surface area contributed by atoms with Gasteiger partial charge in [-0.2, -0.15) is 0 Å². The van der Waals surface area contributed by atoms with Gasteiger partial charge >= 0.3 is 0 Å². The van der Waals surface area contributed by atoms with Gasteiger partial charge in [0.05, 0.1) is 12.7 Å². The van der Waals surface area contributed by atoms with E-state index >= 15 is 0 Å². The Hall–Kier alpha value is -3.93. The first-order valence-electron chi connectivity index (χ1n) is 9.15. The number of oxazole rings is 1. The van der Waals surface area contributed by atoms with E-state index in [0.717, 1.165) is 16.7 Å². The number of amides is 1. The van der Waals surface area contributed by atoms with E-state index in [4.69, 9.17) is 4.42 Å². The molecule has 6 heteroatoms. The van der Waals surface area contributed by atoms with E-state index < -0.39 is 5.91 Å². The van der Waals surface area contributed by atoms with Crippen LogP contribution in [0, 0.1) is 6.92 Å². The maximum absolute atomic E-state index is 12.8. The summed E-state index contributed by atoms with van der Waals surface area (Å²) in [5.74, 6) is 0.200. The highest BCUT2D eigenvalue weighted by atomic mass is 16.3. The van der Waals surface area contributed by atoms with Crippen molar-refractivity contribution in [2.75, 3.05) is 5.32 Å². The lowest BCUT2D eigenvalue weighted by Gasteiger charge is -2.10. The minimum atomic E-state index is -0.444. The minimum absolute atomic E-state index is 0.0967. The van der Waals surface area contributed by atoms with Crippen LogP contribution in [0.25, 0.3) is 11.3 Å². The number of nitrogens with zero attached hydrogens (tertiary/aromatic N) is 2. The molecule has 0 aliphatic carbocycles. The van der Waals surface area contributed by atoms with Crippen molar-refractivity contribution in [3.8, 4) is 11.3 Å². The third-order valence-corrected chi connectivity index (χ3v) is 4.56. The summed E-state index contributed by atoms with van der Waals surface area (Å²) < 4.78 is 6.79. The van der Waals surface area contributed by atoms with Gasteiger partial charge in [0.25, 0.3) is 11.5 Å². The van der Waals surface area contributed by atoms with Gasteiger partial charge in [0.1, 0.15) is 5.56 Å². The number of aromatic nitrogens is 2. The predicted molar refractivity (Wildman–Crippen MR) is 111 cm³/mol. The highest BCUT2D eigenvalue weighted by Gasteiger charge is 2.13. The number of aryl methyl sites for hydroxylation is 1. The molecule has 29 heavy (non-hydrogen) atoms. The first kappa shape index (κ1) is 18.4. The molecule has 2 aromatic heterocycles. The van der Waals surface area contributed by atoms with Crippen molar-refractivity contribution in [3.63, 3.8) is 0 Å². The molecule has 0 saturated carbocycles. The van der Waals surface area contributed by atoms with Crippen LogP contribution >= 0.6 is 0 Å². The Morgan fingerprint density at radius 2 is 1.93 bits per heavy atom. The average Bonchev–Trinajstić information content (AvgIpc) is 3.25. The van der Waals surface area contributed by atoms with E-state index in [1.807, 2.05) is 43.3 Å². The lowest BCUT2D eigenvalue weighted by atomic mass is 10.1. The number of hydrogen-bond donors (Lipinski definition) is 1. The summed E-state index contributed by atoms with van der Waals surface area (Å²) in [6.07, 6.45) is 4.67. The molecule has 1 amide bonds. The van der Waals surface area contributed by atoms with Crippen LogP contribution in [-0.2, 0) is 6.54 Å². The monoisotopic (exact) mass is 385 g/mol. The lowest BCUT2D eigenvalue weighted by molar-refractivity contribution is 0.102. The molecule has 0 bridgehead atoms. The second-order valence-electron chi connectivity index (χ2n) is 6.74. The van der Waals surface area contributed by atoms with Crippen LogP contribution in [-0.4, -0.2) is 15.5 Å². The Morgan fingerprint density at radius 3 is 2.66 bits per heavy atom. The quantitative estimate of drug-likeness (QED) is 0.561. The Kier molecular flexibility index (Phi) is 5.07. The summed E-state index contributed by atoms with van der Waals surface area (Å²) in [6.45, 7) is 2.41. The minimum Gasteiger partial charge on any atom is -0.444 e. The number of benzene rings is 2. The number of nitrogens with one attached hydrogen (secondary N) is 1. The zero-order valence-corrected chi connectivity index (χ0v) is 15.8. The van der Waals surface area contributed by atoms with Gasteiger partial charge in [-0.25, -0.2) is 4.98 Å². The number of rotatable bonds is 5. The van der Waals surface area contributed by atoms with Gasteiger partial charge in [0.2, 0.25) is 0 Å². The van der Waals surface area contributed by atoms with Gasteiger partial charge in [-0.15, -0.1) is 0 Å². The number of carbonyl (C=O) groups excluding carboxylic acids is 1. The van der Waals surface area contributed by atoms with Crippen LogP contribution in [0.2, 0.25) is 0 Å². The Bertz CT molecular complexity index is 1190. The normalized spacial score (nSPS) is 10.7. The summed E-state index contributed by atoms with van der Waals surface area (Å²) in [6, 6.07) is 18.3. The molecule has 0 aliphatic rings. The van der Waals surface area contributed by atoms with Crippen LogP contribution < -0.4 is 10.9 Å². The molecule has 0 radical (unpaired) electrons. The van der Waals surface area contributed by atoms with E-state index in [1.54, 1.807) is 30.6 Å². The molecule has 0 saturated heterocycles. The molecule has 0 spiro atoms. The fraction of sp³-hybridized carbons (Fsp3) is 0.0870. The fourth-order valence-corrected chi connectivity index (χ4v) is 3.12. The standard InChI is InChI=1S/C23H19N3O3/c1-16-4-2-5-17(12-16)14-26-11-3-6-20(23(26)28)22(27)25-19-9-7-18(8-10-19)21-13-24-15-29-21/h2-13,15H,14H2,1H3,(H,25,27). The SMILES string of the molecule is Cc1cccc(Cn2cccc(C(=O)Nc3ccc(-c4cnco4)cc3)c2=O)c1. The molecule has 0 aliphatic heterocycles. The first-order valence-corrected chi connectivity index (χ1v) is 9.15. The molecule has 4 aromatic rings. The first-order chi connectivity index (χ1) is 14.1. The molecule has 1 N–H and O–H groups in total. The average molecular weight is 385 g/mol. The highest BCUT2D eigenvalue weighted by Crippen LogP contribution is 2.20. The van der Waals surface area contributed by atoms with Crippen molar-refractivity contribution >= 4 is 11.6 Å². The van der Waals surface area contributed by atoms with Crippen molar-refractivity contribution in [1.82, 2.24) is 9.55 Å². The molecule has 0 atom stereocenters. The van der Waals surface area contributed by atoms with Gasteiger partial charge in [-0.3, -0.25) is 9.59 Å². The van der Waals surface area contributed by atoms with E-state index in [2.05, 4.69) is 10.3 Å². The number of hydrogen-bond acceptors (Lipinski definition) is 4. The van der Waals surface area contributed by atoms with Crippen molar-refractivity contribution in [2.45, 2.75) is 13.5 Å². The van der Waals surface area contributed by atoms with Gasteiger partial charge < -0.3 is 14.3 Å². The molecular weight excluding hydrogens is 366 g/mol. The zero-order chi connectivity index (χ0) is 20.2. The highest BCUT2D eigenvalue weighted by molar-refractivity contribution is 6.04. The molecule has 144 valence electrons. The predicted octanol–water partition coefficient (Wildman–Crippen LogP) is 4.11. The second-order valence-corrected chi connectivity index (χ2v) is 6.74. The van der Waals surface area contributed by atoms with E-state index in [1.165, 1.54) is 17.0 Å². The van der Waals surface area contributed by atoms with Crippen molar-refractivity contribution in [3.05, 3.63) is 106 Å². The van der Waals surface area contributed by atoms with Gasteiger partial charge in [0.15, 0.2) is 12.2 Å². The smallest absolute Gasteiger partial charge is 0.263 e. The Balaban J connectivity index is 1.52. The number of pyridine rings is 1. The van der Waals surface area contributed by atoms with Crippen LogP contribution in [0.5, 0.6) is 0 Å². The lowest BCUT2D eigenvalue weighted by Crippen LogP contribution is -2.29. The molecule has 6 nitrogen and oxygen atoms in total. The van der Waals surface area contributed by atoms with Crippen molar-refractivity contribution in [2.24, 2.45) is 0 Å². The molecule has 2 heterocycles. The number of carbonyl (C=O) groups is 1. The molecule has 2 aromatic carbocycles. The van der Waals surface area contributed by atoms with E-state index in [0.29, 0.717) is 18.0 Å². The molecule has 4 rings (SSSR count). The van der Waals surface area contributed by atoms with Crippen molar-refractivity contribution < 1.29 is 9.21 Å². The van der Waals surface area contributed by atoms with Crippen LogP contribution in [0.15, 0.2) is 88.7 Å². The Labute approximate surface area is 167 Å². The topological polar surface area (TPSA) is 77.1 Å². The van der Waals surface area contributed by atoms with Gasteiger partial charge in [0, 0.05) is 17.4 Å². The molecular formula is C23H19N3O3. The third kappa shape index (κ3) is 4.16. The summed E-state index contributed by atoms with van der Waals surface area (Å²) in [4.78, 5) is 29.3. The van der Waals surface area contributed by atoms with Gasteiger partial charge in [-0.05, 0) is 48.9 Å². The summed E-state index contributed by atoms with van der Waals surface area (Å²) >= 11 is 0. The number of anilines is 1. The van der Waals surface area contributed by atoms with Gasteiger partial charge in [-0.1, -0.05) is 29.8 Å². The Morgan fingerprint density at radius 1 is 1.10 bits per heavy atom. The van der Waals surface area contributed by atoms with E-state index in [-0.39, 0.29) is 11.1 Å². The summed E-state index contributed by atoms with van der Waals surface area (Å²) in [5, 5.41) is 2.77. The van der Waals surface area contributed by atoms with E-state index in [9.17, 15) is 9.59 Å². The van der Waals surface area contributed by atoms with Crippen LogP contribution in [0.1, 0.15) is 21.5 Å².